The molecule has 0 spiro atoms. The van der Waals surface area contributed by atoms with E-state index in [0.717, 1.165) is 36.8 Å². The van der Waals surface area contributed by atoms with Crippen LogP contribution in [-0.2, 0) is 12.8 Å². The summed E-state index contributed by atoms with van der Waals surface area (Å²) in [6, 6.07) is 1.65. The number of methoxy groups -OCH3 is 1. The number of fused-ring (bicyclic) bond motifs is 1. The molecule has 0 bridgehead atoms. The standard InChI is InChI=1S/C14H19NO3/c1-18-13-8-11(12(16)6-7-15)14(17)10-5-3-2-4-9(10)13/h8,17H,2-7,15H2,1H3. The second-order valence-corrected chi connectivity index (χ2v) is 4.60. The number of phenolic OH excluding ortho intramolecular Hbond substituents is 1. The molecule has 1 aliphatic carbocycles. The molecule has 0 unspecified atom stereocenters. The van der Waals surface area contributed by atoms with E-state index in [9.17, 15) is 9.90 Å². The lowest BCUT2D eigenvalue weighted by Gasteiger charge is -2.21. The molecule has 0 saturated carbocycles. The summed E-state index contributed by atoms with van der Waals surface area (Å²) < 4.78 is 5.34. The number of carbonyl (C=O) groups excluding carboxylic acids is 1. The van der Waals surface area contributed by atoms with Gasteiger partial charge in [0.15, 0.2) is 5.78 Å². The summed E-state index contributed by atoms with van der Waals surface area (Å²) in [7, 11) is 1.60. The normalized spacial score (nSPS) is 14.1. The fourth-order valence-electron chi connectivity index (χ4n) is 2.55. The van der Waals surface area contributed by atoms with Gasteiger partial charge in [-0.05, 0) is 38.3 Å². The van der Waals surface area contributed by atoms with Crippen molar-refractivity contribution >= 4 is 5.78 Å². The molecule has 1 aromatic carbocycles. The van der Waals surface area contributed by atoms with E-state index in [1.165, 1.54) is 0 Å². The monoisotopic (exact) mass is 249 g/mol. The molecule has 1 aromatic rings. The van der Waals surface area contributed by atoms with Crippen molar-refractivity contribution in [2.45, 2.75) is 32.1 Å². The number of phenols is 1. The van der Waals surface area contributed by atoms with E-state index in [2.05, 4.69) is 0 Å². The Labute approximate surface area is 107 Å². The molecule has 4 nitrogen and oxygen atoms in total. The third kappa shape index (κ3) is 2.20. The van der Waals surface area contributed by atoms with Gasteiger partial charge in [-0.15, -0.1) is 0 Å². The molecule has 0 amide bonds. The van der Waals surface area contributed by atoms with Crippen LogP contribution >= 0.6 is 0 Å². The summed E-state index contributed by atoms with van der Waals surface area (Å²) in [6.45, 7) is 0.289. The van der Waals surface area contributed by atoms with Crippen molar-refractivity contribution in [3.8, 4) is 11.5 Å². The Balaban J connectivity index is 2.51. The molecule has 3 N–H and O–H groups in total. The van der Waals surface area contributed by atoms with Crippen molar-refractivity contribution in [3.63, 3.8) is 0 Å². The molecule has 98 valence electrons. The molecule has 0 saturated heterocycles. The fourth-order valence-corrected chi connectivity index (χ4v) is 2.55. The van der Waals surface area contributed by atoms with Gasteiger partial charge in [-0.1, -0.05) is 0 Å². The Bertz CT molecular complexity index is 469. The van der Waals surface area contributed by atoms with Crippen molar-refractivity contribution in [1.82, 2.24) is 0 Å². The van der Waals surface area contributed by atoms with Crippen molar-refractivity contribution in [3.05, 3.63) is 22.8 Å². The number of nitrogens with two attached hydrogens (primary N) is 1. The van der Waals surface area contributed by atoms with Gasteiger partial charge in [0.05, 0.1) is 12.7 Å². The molecule has 0 radical (unpaired) electrons. The van der Waals surface area contributed by atoms with Crippen LogP contribution in [0.4, 0.5) is 0 Å². The number of benzene rings is 1. The Kier molecular flexibility index (Phi) is 3.87. The molecule has 0 aliphatic heterocycles. The molecule has 18 heavy (non-hydrogen) atoms. The third-order valence-corrected chi connectivity index (χ3v) is 3.47. The van der Waals surface area contributed by atoms with E-state index in [4.69, 9.17) is 10.5 Å². The van der Waals surface area contributed by atoms with Crippen molar-refractivity contribution in [2.24, 2.45) is 5.73 Å². The number of aromatic hydroxyl groups is 1. The summed E-state index contributed by atoms with van der Waals surface area (Å²) >= 11 is 0. The van der Waals surface area contributed by atoms with Crippen molar-refractivity contribution < 1.29 is 14.6 Å². The van der Waals surface area contributed by atoms with Gasteiger partial charge in [0, 0.05) is 17.5 Å². The van der Waals surface area contributed by atoms with Crippen LogP contribution in [0.2, 0.25) is 0 Å². The average molecular weight is 249 g/mol. The first-order valence-corrected chi connectivity index (χ1v) is 6.34. The fraction of sp³-hybridized carbons (Fsp3) is 0.500. The van der Waals surface area contributed by atoms with E-state index in [1.54, 1.807) is 13.2 Å². The SMILES string of the molecule is COc1cc(C(=O)CCN)c(O)c2c1CCCC2. The minimum absolute atomic E-state index is 0.123. The smallest absolute Gasteiger partial charge is 0.167 e. The van der Waals surface area contributed by atoms with Gasteiger partial charge < -0.3 is 15.6 Å². The van der Waals surface area contributed by atoms with E-state index in [0.29, 0.717) is 11.3 Å². The van der Waals surface area contributed by atoms with Crippen LogP contribution in [0.5, 0.6) is 11.5 Å². The van der Waals surface area contributed by atoms with Crippen LogP contribution < -0.4 is 10.5 Å². The number of hydrogen-bond acceptors (Lipinski definition) is 4. The number of ketones is 1. The first-order chi connectivity index (χ1) is 8.69. The number of hydrogen-bond donors (Lipinski definition) is 2. The molecular formula is C14H19NO3. The highest BCUT2D eigenvalue weighted by Crippen LogP contribution is 2.38. The van der Waals surface area contributed by atoms with Crippen LogP contribution in [0.15, 0.2) is 6.07 Å². The van der Waals surface area contributed by atoms with E-state index in [-0.39, 0.29) is 24.5 Å². The van der Waals surface area contributed by atoms with Gasteiger partial charge in [-0.25, -0.2) is 0 Å². The minimum Gasteiger partial charge on any atom is -0.507 e. The van der Waals surface area contributed by atoms with Crippen molar-refractivity contribution in [2.75, 3.05) is 13.7 Å². The summed E-state index contributed by atoms with van der Waals surface area (Å²) in [5.41, 5.74) is 7.66. The van der Waals surface area contributed by atoms with Crippen LogP contribution in [0.25, 0.3) is 0 Å². The Morgan fingerprint density at radius 3 is 2.67 bits per heavy atom. The molecule has 0 fully saturated rings. The number of rotatable bonds is 4. The Morgan fingerprint density at radius 2 is 2.06 bits per heavy atom. The molecule has 0 heterocycles. The van der Waals surface area contributed by atoms with Gasteiger partial charge in [0.1, 0.15) is 11.5 Å². The first-order valence-electron chi connectivity index (χ1n) is 6.34. The summed E-state index contributed by atoms with van der Waals surface area (Å²) in [6.07, 6.45) is 4.09. The molecule has 1 aliphatic rings. The summed E-state index contributed by atoms with van der Waals surface area (Å²) in [5, 5.41) is 10.2. The zero-order valence-corrected chi connectivity index (χ0v) is 10.7. The lowest BCUT2D eigenvalue weighted by Crippen LogP contribution is -2.12. The maximum Gasteiger partial charge on any atom is 0.167 e. The lowest BCUT2D eigenvalue weighted by atomic mass is 9.87. The number of ether oxygens (including phenoxy) is 1. The van der Waals surface area contributed by atoms with Crippen LogP contribution in [0.3, 0.4) is 0 Å². The number of Topliss-reactive ketones (excluding diaryl/α,β-unsaturated/α-hetero) is 1. The van der Waals surface area contributed by atoms with Crippen LogP contribution in [0, 0.1) is 0 Å². The average Bonchev–Trinajstić information content (AvgIpc) is 2.40. The second-order valence-electron chi connectivity index (χ2n) is 4.60. The number of carbonyl (C=O) groups is 1. The Hall–Kier alpha value is -1.55. The summed E-state index contributed by atoms with van der Waals surface area (Å²) in [4.78, 5) is 11.9. The van der Waals surface area contributed by atoms with Gasteiger partial charge in [0.2, 0.25) is 0 Å². The molecule has 4 heteroatoms. The van der Waals surface area contributed by atoms with E-state index in [1.807, 2.05) is 0 Å². The van der Waals surface area contributed by atoms with Crippen LogP contribution in [-0.4, -0.2) is 24.5 Å². The van der Waals surface area contributed by atoms with E-state index >= 15 is 0 Å². The zero-order chi connectivity index (χ0) is 13.1. The predicted octanol–water partition coefficient (Wildman–Crippen LogP) is 1.81. The molecular weight excluding hydrogens is 230 g/mol. The van der Waals surface area contributed by atoms with Gasteiger partial charge >= 0.3 is 0 Å². The maximum atomic E-state index is 11.9. The van der Waals surface area contributed by atoms with E-state index < -0.39 is 0 Å². The van der Waals surface area contributed by atoms with Gasteiger partial charge in [-0.2, -0.15) is 0 Å². The first kappa shape index (κ1) is 12.9. The van der Waals surface area contributed by atoms with Crippen LogP contribution in [0.1, 0.15) is 40.7 Å². The summed E-state index contributed by atoms with van der Waals surface area (Å²) in [5.74, 6) is 0.716. The molecule has 2 rings (SSSR count). The largest absolute Gasteiger partial charge is 0.507 e. The topological polar surface area (TPSA) is 72.5 Å². The van der Waals surface area contributed by atoms with Crippen molar-refractivity contribution in [1.29, 1.82) is 0 Å². The molecule has 0 aromatic heterocycles. The van der Waals surface area contributed by atoms with Gasteiger partial charge in [-0.3, -0.25) is 4.79 Å². The predicted molar refractivity (Wildman–Crippen MR) is 69.3 cm³/mol. The minimum atomic E-state index is -0.123. The quantitative estimate of drug-likeness (QED) is 0.798. The molecule has 0 atom stereocenters. The second kappa shape index (κ2) is 5.40. The Morgan fingerprint density at radius 1 is 1.39 bits per heavy atom. The highest BCUT2D eigenvalue weighted by atomic mass is 16.5. The highest BCUT2D eigenvalue weighted by Gasteiger charge is 2.23. The zero-order valence-electron chi connectivity index (χ0n) is 10.7. The van der Waals surface area contributed by atoms with Gasteiger partial charge in [0.25, 0.3) is 0 Å². The third-order valence-electron chi connectivity index (χ3n) is 3.47. The maximum absolute atomic E-state index is 11.9. The lowest BCUT2D eigenvalue weighted by molar-refractivity contribution is 0.0982. The highest BCUT2D eigenvalue weighted by molar-refractivity contribution is 5.99.